The van der Waals surface area contributed by atoms with Gasteiger partial charge >= 0.3 is 0 Å². The molecule has 5 aliphatic rings. The number of anilines is 3. The van der Waals surface area contributed by atoms with Crippen molar-refractivity contribution in [3.8, 4) is 11.1 Å². The highest BCUT2D eigenvalue weighted by Gasteiger charge is 2.61. The molecule has 2 heteroatoms. The maximum Gasteiger partial charge on any atom is 0.0653 e. The fourth-order valence-corrected chi connectivity index (χ4v) is 9.16. The third-order valence-electron chi connectivity index (χ3n) is 9.89. The summed E-state index contributed by atoms with van der Waals surface area (Å²) in [6.07, 6.45) is 7.03. The maximum absolute atomic E-state index is 7.21. The van der Waals surface area contributed by atoms with Gasteiger partial charge in [0.2, 0.25) is 0 Å². The Labute approximate surface area is 218 Å². The van der Waals surface area contributed by atoms with Crippen LogP contribution in [0.1, 0.15) is 43.2 Å². The Hall–Kier alpha value is -3.03. The smallest absolute Gasteiger partial charge is 0.0653 e. The van der Waals surface area contributed by atoms with E-state index in [9.17, 15) is 0 Å². The highest BCUT2D eigenvalue weighted by molar-refractivity contribution is 6.34. The van der Waals surface area contributed by atoms with Gasteiger partial charge in [-0.1, -0.05) is 72.3 Å². The molecule has 4 aromatic rings. The summed E-state index contributed by atoms with van der Waals surface area (Å²) in [5.74, 6) is 3.36. The highest BCUT2D eigenvalue weighted by atomic mass is 35.5. The summed E-state index contributed by atoms with van der Waals surface area (Å²) < 4.78 is 0. The summed E-state index contributed by atoms with van der Waals surface area (Å²) in [7, 11) is 0. The summed E-state index contributed by atoms with van der Waals surface area (Å²) in [6, 6.07) is 35.4. The first-order valence-corrected chi connectivity index (χ1v) is 14.0. The number of halogens is 1. The topological polar surface area (TPSA) is 3.24 Å². The van der Waals surface area contributed by atoms with Crippen molar-refractivity contribution in [2.45, 2.75) is 37.5 Å². The SMILES string of the molecule is Clc1cc2c(cc1N(c1ccccc1)c1ccccc1)C1(c3ccccc3-2)C2CC3CC(C2)CC1C3. The van der Waals surface area contributed by atoms with Crippen molar-refractivity contribution in [1.29, 1.82) is 0 Å². The molecule has 0 atom stereocenters. The first kappa shape index (κ1) is 21.1. The monoisotopic (exact) mass is 487 g/mol. The molecule has 0 aromatic heterocycles. The minimum absolute atomic E-state index is 0.137. The highest BCUT2D eigenvalue weighted by Crippen LogP contribution is 2.69. The zero-order valence-electron chi connectivity index (χ0n) is 20.4. The summed E-state index contributed by atoms with van der Waals surface area (Å²) in [6.45, 7) is 0. The average Bonchev–Trinajstić information content (AvgIpc) is 3.18. The van der Waals surface area contributed by atoms with Gasteiger partial charge in [-0.3, -0.25) is 0 Å². The van der Waals surface area contributed by atoms with Gasteiger partial charge in [0.15, 0.2) is 0 Å². The van der Waals surface area contributed by atoms with Crippen LogP contribution in [0, 0.1) is 23.7 Å². The van der Waals surface area contributed by atoms with Crippen molar-refractivity contribution in [1.82, 2.24) is 0 Å². The van der Waals surface area contributed by atoms with Crippen molar-refractivity contribution in [2.24, 2.45) is 23.7 Å². The predicted molar refractivity (Wildman–Crippen MR) is 149 cm³/mol. The first-order chi connectivity index (χ1) is 17.7. The van der Waals surface area contributed by atoms with Crippen LogP contribution >= 0.6 is 11.6 Å². The average molecular weight is 488 g/mol. The molecular weight excluding hydrogens is 458 g/mol. The standard InChI is InChI=1S/C34H30ClN/c35-32-20-29-28-13-7-8-14-30(28)34(24-16-22-15-23(18-24)19-25(34)17-22)31(29)21-33(32)36(26-9-3-1-4-10-26)27-11-5-2-6-12-27/h1-14,20-25H,15-19H2. The number of hydrogen-bond donors (Lipinski definition) is 0. The fourth-order valence-electron chi connectivity index (χ4n) is 8.91. The summed E-state index contributed by atoms with van der Waals surface area (Å²) >= 11 is 7.21. The van der Waals surface area contributed by atoms with E-state index in [1.807, 2.05) is 0 Å². The van der Waals surface area contributed by atoms with Gasteiger partial charge in [0, 0.05) is 16.8 Å². The Morgan fingerprint density at radius 3 is 1.75 bits per heavy atom. The van der Waals surface area contributed by atoms with Crippen molar-refractivity contribution in [3.05, 3.63) is 113 Å². The number of hydrogen-bond acceptors (Lipinski definition) is 1. The van der Waals surface area contributed by atoms with Gasteiger partial charge in [-0.05, 0) is 114 Å². The normalized spacial score (nSPS) is 28.8. The molecule has 1 nitrogen and oxygen atoms in total. The Kier molecular flexibility index (Phi) is 4.53. The van der Waals surface area contributed by atoms with E-state index in [1.54, 1.807) is 5.56 Å². The van der Waals surface area contributed by atoms with Crippen LogP contribution in [0.25, 0.3) is 11.1 Å². The lowest BCUT2D eigenvalue weighted by atomic mass is 9.43. The van der Waals surface area contributed by atoms with E-state index in [2.05, 4.69) is 102 Å². The van der Waals surface area contributed by atoms with Crippen molar-refractivity contribution in [3.63, 3.8) is 0 Å². The minimum Gasteiger partial charge on any atom is -0.309 e. The lowest BCUT2D eigenvalue weighted by molar-refractivity contribution is -0.0399. The summed E-state index contributed by atoms with van der Waals surface area (Å²) in [4.78, 5) is 2.34. The van der Waals surface area contributed by atoms with Crippen molar-refractivity contribution >= 4 is 28.7 Å². The number of fused-ring (bicyclic) bond motifs is 3. The number of benzene rings is 4. The molecule has 4 aromatic carbocycles. The van der Waals surface area contributed by atoms with E-state index in [0.717, 1.165) is 45.8 Å². The summed E-state index contributed by atoms with van der Waals surface area (Å²) in [5.41, 5.74) is 9.40. The number of nitrogens with zero attached hydrogens (tertiary/aromatic N) is 1. The van der Waals surface area contributed by atoms with Crippen LogP contribution in [0.15, 0.2) is 97.1 Å². The van der Waals surface area contributed by atoms with Gasteiger partial charge in [0.1, 0.15) is 0 Å². The zero-order chi connectivity index (χ0) is 23.9. The molecule has 4 bridgehead atoms. The van der Waals surface area contributed by atoms with Gasteiger partial charge in [-0.25, -0.2) is 0 Å². The molecule has 4 fully saturated rings. The van der Waals surface area contributed by atoms with Gasteiger partial charge in [-0.15, -0.1) is 0 Å². The third kappa shape index (κ3) is 2.78. The lowest BCUT2D eigenvalue weighted by Gasteiger charge is -2.61. The molecule has 0 saturated heterocycles. The molecule has 0 aliphatic heterocycles. The largest absolute Gasteiger partial charge is 0.309 e. The molecule has 0 unspecified atom stereocenters. The van der Waals surface area contributed by atoms with Crippen LogP contribution in [-0.2, 0) is 5.41 Å². The number of rotatable bonds is 3. The molecule has 0 N–H and O–H groups in total. The zero-order valence-corrected chi connectivity index (χ0v) is 21.2. The van der Waals surface area contributed by atoms with E-state index in [4.69, 9.17) is 11.6 Å². The molecule has 178 valence electrons. The first-order valence-electron chi connectivity index (χ1n) is 13.6. The van der Waals surface area contributed by atoms with Crippen LogP contribution in [0.3, 0.4) is 0 Å². The van der Waals surface area contributed by atoms with Crippen molar-refractivity contribution in [2.75, 3.05) is 4.90 Å². The number of para-hydroxylation sites is 2. The van der Waals surface area contributed by atoms with E-state index in [1.165, 1.54) is 48.8 Å². The Morgan fingerprint density at radius 1 is 0.583 bits per heavy atom. The molecular formula is C34H30ClN. The molecule has 0 amide bonds. The maximum atomic E-state index is 7.21. The van der Waals surface area contributed by atoms with E-state index < -0.39 is 0 Å². The van der Waals surface area contributed by atoms with E-state index in [0.29, 0.717) is 0 Å². The van der Waals surface area contributed by atoms with Crippen LogP contribution in [0.2, 0.25) is 5.02 Å². The van der Waals surface area contributed by atoms with Gasteiger partial charge < -0.3 is 4.90 Å². The van der Waals surface area contributed by atoms with Crippen LogP contribution in [-0.4, -0.2) is 0 Å². The van der Waals surface area contributed by atoms with Crippen LogP contribution < -0.4 is 4.90 Å². The van der Waals surface area contributed by atoms with E-state index >= 15 is 0 Å². The molecule has 0 radical (unpaired) electrons. The van der Waals surface area contributed by atoms with Gasteiger partial charge in [-0.2, -0.15) is 0 Å². The third-order valence-corrected chi connectivity index (χ3v) is 10.2. The Balaban J connectivity index is 1.39. The molecule has 9 rings (SSSR count). The quantitative estimate of drug-likeness (QED) is 0.278. The van der Waals surface area contributed by atoms with Crippen molar-refractivity contribution < 1.29 is 0 Å². The molecule has 4 saturated carbocycles. The second kappa shape index (κ2) is 7.73. The summed E-state index contributed by atoms with van der Waals surface area (Å²) in [5, 5.41) is 0.817. The lowest BCUT2D eigenvalue weighted by Crippen LogP contribution is -2.55. The molecule has 1 spiro atoms. The Bertz CT molecular complexity index is 1390. The Morgan fingerprint density at radius 2 is 1.14 bits per heavy atom. The van der Waals surface area contributed by atoms with E-state index in [-0.39, 0.29) is 5.41 Å². The van der Waals surface area contributed by atoms with Gasteiger partial charge in [0.25, 0.3) is 0 Å². The predicted octanol–water partition coefficient (Wildman–Crippen LogP) is 9.53. The second-order valence-corrected chi connectivity index (χ2v) is 12.0. The molecule has 36 heavy (non-hydrogen) atoms. The second-order valence-electron chi connectivity index (χ2n) is 11.6. The minimum atomic E-state index is 0.137. The fraction of sp³-hybridized carbons (Fsp3) is 0.294. The van der Waals surface area contributed by atoms with Gasteiger partial charge in [0.05, 0.1) is 10.7 Å². The van der Waals surface area contributed by atoms with Crippen LogP contribution in [0.5, 0.6) is 0 Å². The molecule has 0 heterocycles. The molecule has 5 aliphatic carbocycles. The van der Waals surface area contributed by atoms with Crippen LogP contribution in [0.4, 0.5) is 17.1 Å².